The molecule has 3 heteroatoms. The van der Waals surface area contributed by atoms with Gasteiger partial charge in [0.05, 0.1) is 0 Å². The van der Waals surface area contributed by atoms with Crippen LogP contribution in [-0.4, -0.2) is 18.2 Å². The Balaban J connectivity index is 2.54. The molecule has 1 N–H and O–H groups in total. The molecule has 17 heavy (non-hydrogen) atoms. The van der Waals surface area contributed by atoms with Gasteiger partial charge in [-0.3, -0.25) is 0 Å². The molecule has 0 saturated heterocycles. The molecule has 0 atom stereocenters. The summed E-state index contributed by atoms with van der Waals surface area (Å²) >= 11 is 3.56. The maximum atomic E-state index is 3.56. The number of likely N-dealkylation sites (N-methyl/N-ethyl adjacent to an activating group) is 1. The summed E-state index contributed by atoms with van der Waals surface area (Å²) in [5, 5.41) is 4.58. The standard InChI is InChI=1S/C14H19BrN2/c1-10(2)17-9-11(6-7-16-3)13-8-12(15)4-5-14(13)17/h4-5,8-10,16H,6-7H2,1-3H3. The summed E-state index contributed by atoms with van der Waals surface area (Å²) < 4.78 is 3.50. The predicted molar refractivity (Wildman–Crippen MR) is 77.7 cm³/mol. The number of nitrogens with zero attached hydrogens (tertiary/aromatic N) is 1. The van der Waals surface area contributed by atoms with Crippen molar-refractivity contribution in [3.63, 3.8) is 0 Å². The summed E-state index contributed by atoms with van der Waals surface area (Å²) in [7, 11) is 2.00. The van der Waals surface area contributed by atoms with E-state index in [0.29, 0.717) is 6.04 Å². The molecule has 0 radical (unpaired) electrons. The van der Waals surface area contributed by atoms with Crippen LogP contribution < -0.4 is 5.32 Å². The highest BCUT2D eigenvalue weighted by Gasteiger charge is 2.10. The molecule has 1 aromatic heterocycles. The van der Waals surface area contributed by atoms with Gasteiger partial charge in [-0.2, -0.15) is 0 Å². The Kier molecular flexibility index (Phi) is 3.89. The van der Waals surface area contributed by atoms with Crippen LogP contribution in [0.5, 0.6) is 0 Å². The normalized spacial score (nSPS) is 11.6. The Morgan fingerprint density at radius 2 is 2.12 bits per heavy atom. The number of fused-ring (bicyclic) bond motifs is 1. The molecule has 2 aromatic rings. The van der Waals surface area contributed by atoms with E-state index in [0.717, 1.165) is 17.4 Å². The van der Waals surface area contributed by atoms with E-state index in [2.05, 4.69) is 64.1 Å². The van der Waals surface area contributed by atoms with E-state index in [-0.39, 0.29) is 0 Å². The fourth-order valence-corrected chi connectivity index (χ4v) is 2.54. The summed E-state index contributed by atoms with van der Waals surface area (Å²) in [6.07, 6.45) is 3.36. The molecule has 92 valence electrons. The number of aromatic nitrogens is 1. The molecular formula is C14H19BrN2. The van der Waals surface area contributed by atoms with Gasteiger partial charge >= 0.3 is 0 Å². The molecular weight excluding hydrogens is 276 g/mol. The fourth-order valence-electron chi connectivity index (χ4n) is 2.18. The third-order valence-corrected chi connectivity index (χ3v) is 3.57. The SMILES string of the molecule is CNCCc1cn(C(C)C)c2ccc(Br)cc12. The monoisotopic (exact) mass is 294 g/mol. The first kappa shape index (κ1) is 12.7. The zero-order valence-corrected chi connectivity index (χ0v) is 12.2. The first-order chi connectivity index (χ1) is 8.13. The fraction of sp³-hybridized carbons (Fsp3) is 0.429. The lowest BCUT2D eigenvalue weighted by Crippen LogP contribution is -2.10. The average molecular weight is 295 g/mol. The van der Waals surface area contributed by atoms with E-state index in [9.17, 15) is 0 Å². The highest BCUT2D eigenvalue weighted by molar-refractivity contribution is 9.10. The lowest BCUT2D eigenvalue weighted by atomic mass is 10.1. The topological polar surface area (TPSA) is 17.0 Å². The first-order valence-electron chi connectivity index (χ1n) is 6.07. The van der Waals surface area contributed by atoms with Crippen molar-refractivity contribution in [2.45, 2.75) is 26.3 Å². The molecule has 1 aromatic carbocycles. The molecule has 0 amide bonds. The highest BCUT2D eigenvalue weighted by Crippen LogP contribution is 2.27. The van der Waals surface area contributed by atoms with Crippen LogP contribution in [0.4, 0.5) is 0 Å². The van der Waals surface area contributed by atoms with E-state index >= 15 is 0 Å². The molecule has 0 fully saturated rings. The zero-order chi connectivity index (χ0) is 12.4. The van der Waals surface area contributed by atoms with Crippen LogP contribution in [0, 0.1) is 0 Å². The highest BCUT2D eigenvalue weighted by atomic mass is 79.9. The predicted octanol–water partition coefficient (Wildman–Crippen LogP) is 3.75. The Morgan fingerprint density at radius 3 is 2.76 bits per heavy atom. The maximum Gasteiger partial charge on any atom is 0.0486 e. The van der Waals surface area contributed by atoms with E-state index < -0.39 is 0 Å². The number of hydrogen-bond acceptors (Lipinski definition) is 1. The van der Waals surface area contributed by atoms with Gasteiger partial charge < -0.3 is 9.88 Å². The summed E-state index contributed by atoms with van der Waals surface area (Å²) in [5.41, 5.74) is 2.75. The molecule has 0 spiro atoms. The van der Waals surface area contributed by atoms with Gasteiger partial charge in [0.1, 0.15) is 0 Å². The Hall–Kier alpha value is -0.800. The Bertz CT molecular complexity index is 514. The largest absolute Gasteiger partial charge is 0.345 e. The van der Waals surface area contributed by atoms with E-state index in [1.807, 2.05) is 7.05 Å². The number of rotatable bonds is 4. The van der Waals surface area contributed by atoms with Gasteiger partial charge in [-0.1, -0.05) is 15.9 Å². The molecule has 1 heterocycles. The number of benzene rings is 1. The second-order valence-corrected chi connectivity index (χ2v) is 5.59. The van der Waals surface area contributed by atoms with Crippen LogP contribution in [0.2, 0.25) is 0 Å². The summed E-state index contributed by atoms with van der Waals surface area (Å²) in [6, 6.07) is 7.03. The smallest absolute Gasteiger partial charge is 0.0486 e. The summed E-state index contributed by atoms with van der Waals surface area (Å²) in [4.78, 5) is 0. The third-order valence-electron chi connectivity index (χ3n) is 3.08. The van der Waals surface area contributed by atoms with Crippen molar-refractivity contribution in [3.8, 4) is 0 Å². The van der Waals surface area contributed by atoms with Crippen molar-refractivity contribution in [1.29, 1.82) is 0 Å². The lowest BCUT2D eigenvalue weighted by Gasteiger charge is -2.08. The third kappa shape index (κ3) is 2.55. The maximum absolute atomic E-state index is 3.56. The first-order valence-corrected chi connectivity index (χ1v) is 6.86. The minimum Gasteiger partial charge on any atom is -0.345 e. The van der Waals surface area contributed by atoms with Crippen molar-refractivity contribution in [2.24, 2.45) is 0 Å². The number of hydrogen-bond donors (Lipinski definition) is 1. The van der Waals surface area contributed by atoms with Crippen LogP contribution in [-0.2, 0) is 6.42 Å². The second kappa shape index (κ2) is 5.23. The lowest BCUT2D eigenvalue weighted by molar-refractivity contribution is 0.620. The molecule has 0 aliphatic heterocycles. The van der Waals surface area contributed by atoms with Crippen molar-refractivity contribution >= 4 is 26.8 Å². The molecule has 2 nitrogen and oxygen atoms in total. The second-order valence-electron chi connectivity index (χ2n) is 4.67. The van der Waals surface area contributed by atoms with Gasteiger partial charge in [0.2, 0.25) is 0 Å². The number of nitrogens with one attached hydrogen (secondary N) is 1. The average Bonchev–Trinajstić information content (AvgIpc) is 2.64. The molecule has 0 saturated carbocycles. The Labute approximate surface area is 111 Å². The van der Waals surface area contributed by atoms with Crippen molar-refractivity contribution in [3.05, 3.63) is 34.4 Å². The van der Waals surface area contributed by atoms with Gasteiger partial charge in [0, 0.05) is 27.6 Å². The van der Waals surface area contributed by atoms with Crippen molar-refractivity contribution in [1.82, 2.24) is 9.88 Å². The van der Waals surface area contributed by atoms with Gasteiger partial charge in [0.15, 0.2) is 0 Å². The van der Waals surface area contributed by atoms with Crippen LogP contribution in [0.15, 0.2) is 28.9 Å². The minimum absolute atomic E-state index is 0.502. The minimum atomic E-state index is 0.502. The summed E-state index contributed by atoms with van der Waals surface area (Å²) in [5.74, 6) is 0. The quantitative estimate of drug-likeness (QED) is 0.909. The van der Waals surface area contributed by atoms with Crippen LogP contribution in [0.3, 0.4) is 0 Å². The van der Waals surface area contributed by atoms with Gasteiger partial charge in [-0.25, -0.2) is 0 Å². The van der Waals surface area contributed by atoms with E-state index in [1.54, 1.807) is 0 Å². The van der Waals surface area contributed by atoms with E-state index in [1.165, 1.54) is 16.5 Å². The van der Waals surface area contributed by atoms with E-state index in [4.69, 9.17) is 0 Å². The van der Waals surface area contributed by atoms with Crippen LogP contribution >= 0.6 is 15.9 Å². The number of halogens is 1. The van der Waals surface area contributed by atoms with Gasteiger partial charge in [-0.15, -0.1) is 0 Å². The van der Waals surface area contributed by atoms with Crippen molar-refractivity contribution in [2.75, 3.05) is 13.6 Å². The molecule has 2 rings (SSSR count). The van der Waals surface area contributed by atoms with Gasteiger partial charge in [0.25, 0.3) is 0 Å². The summed E-state index contributed by atoms with van der Waals surface area (Å²) in [6.45, 7) is 5.47. The van der Waals surface area contributed by atoms with Crippen LogP contribution in [0.1, 0.15) is 25.5 Å². The van der Waals surface area contributed by atoms with Crippen molar-refractivity contribution < 1.29 is 0 Å². The van der Waals surface area contributed by atoms with Crippen LogP contribution in [0.25, 0.3) is 10.9 Å². The molecule has 0 aliphatic carbocycles. The zero-order valence-electron chi connectivity index (χ0n) is 10.6. The molecule has 0 unspecified atom stereocenters. The molecule has 0 aliphatic rings. The Morgan fingerprint density at radius 1 is 1.35 bits per heavy atom. The van der Waals surface area contributed by atoms with Gasteiger partial charge in [-0.05, 0) is 57.6 Å². The molecule has 0 bridgehead atoms.